The predicted octanol–water partition coefficient (Wildman–Crippen LogP) is 2.70. The summed E-state index contributed by atoms with van der Waals surface area (Å²) in [5.41, 5.74) is 2.13. The molecule has 2 rings (SSSR count). The van der Waals surface area contributed by atoms with Gasteiger partial charge in [0.25, 0.3) is 5.56 Å². The molecule has 1 heterocycles. The van der Waals surface area contributed by atoms with Gasteiger partial charge in [-0.05, 0) is 23.8 Å². The number of benzene rings is 1. The molecule has 0 aliphatic heterocycles. The summed E-state index contributed by atoms with van der Waals surface area (Å²) in [5, 5.41) is 3.28. The fourth-order valence-corrected chi connectivity index (χ4v) is 1.90. The van der Waals surface area contributed by atoms with Gasteiger partial charge in [-0.15, -0.1) is 11.6 Å². The first-order valence-electron chi connectivity index (χ1n) is 5.84. The highest BCUT2D eigenvalue weighted by atomic mass is 35.5. The van der Waals surface area contributed by atoms with Gasteiger partial charge in [0.2, 0.25) is 0 Å². The van der Waals surface area contributed by atoms with E-state index in [4.69, 9.17) is 11.6 Å². The first-order chi connectivity index (χ1) is 8.79. The third-order valence-corrected chi connectivity index (χ3v) is 2.97. The van der Waals surface area contributed by atoms with Crippen molar-refractivity contribution in [2.24, 2.45) is 0 Å². The van der Waals surface area contributed by atoms with Gasteiger partial charge in [-0.1, -0.05) is 18.2 Å². The lowest BCUT2D eigenvalue weighted by Crippen LogP contribution is -2.21. The smallest absolute Gasteiger partial charge is 0.250 e. The maximum atomic E-state index is 11.5. The van der Waals surface area contributed by atoms with Crippen molar-refractivity contribution in [3.05, 3.63) is 64.6 Å². The molecular formula is C14H15ClN2O. The number of aromatic nitrogens is 1. The molecular weight excluding hydrogens is 248 g/mol. The molecule has 0 saturated carbocycles. The van der Waals surface area contributed by atoms with Crippen molar-refractivity contribution in [1.29, 1.82) is 0 Å². The van der Waals surface area contributed by atoms with Crippen molar-refractivity contribution in [2.45, 2.75) is 12.4 Å². The zero-order valence-electron chi connectivity index (χ0n) is 9.97. The summed E-state index contributed by atoms with van der Waals surface area (Å²) in [6, 6.07) is 13.1. The third-order valence-electron chi connectivity index (χ3n) is 2.66. The maximum absolute atomic E-state index is 11.5. The summed E-state index contributed by atoms with van der Waals surface area (Å²) in [4.78, 5) is 11.5. The Morgan fingerprint density at radius 3 is 2.83 bits per heavy atom. The van der Waals surface area contributed by atoms with Gasteiger partial charge in [-0.2, -0.15) is 0 Å². The number of anilines is 1. The highest BCUT2D eigenvalue weighted by molar-refractivity contribution is 6.17. The number of alkyl halides is 1. The monoisotopic (exact) mass is 262 g/mol. The van der Waals surface area contributed by atoms with E-state index in [9.17, 15) is 4.79 Å². The number of hydrogen-bond donors (Lipinski definition) is 1. The number of nitrogens with zero attached hydrogens (tertiary/aromatic N) is 1. The average molecular weight is 263 g/mol. The maximum Gasteiger partial charge on any atom is 0.250 e. The number of halogens is 1. The number of nitrogens with one attached hydrogen (secondary N) is 1. The van der Waals surface area contributed by atoms with E-state index >= 15 is 0 Å². The minimum Gasteiger partial charge on any atom is -0.383 e. The standard InChI is InChI=1S/C14H15ClN2O/c15-11-12-4-3-5-13(10-12)16-7-9-17-8-2-1-6-14(17)18/h1-6,8,10,16H,7,9,11H2. The lowest BCUT2D eigenvalue weighted by atomic mass is 10.2. The Hall–Kier alpha value is -1.74. The zero-order valence-corrected chi connectivity index (χ0v) is 10.7. The molecule has 0 saturated heterocycles. The van der Waals surface area contributed by atoms with Gasteiger partial charge in [-0.3, -0.25) is 4.79 Å². The van der Waals surface area contributed by atoms with Crippen molar-refractivity contribution < 1.29 is 0 Å². The van der Waals surface area contributed by atoms with E-state index < -0.39 is 0 Å². The molecule has 18 heavy (non-hydrogen) atoms. The number of rotatable bonds is 5. The molecule has 4 heteroatoms. The first-order valence-corrected chi connectivity index (χ1v) is 6.37. The molecule has 1 aromatic carbocycles. The second-order valence-corrected chi connectivity index (χ2v) is 4.26. The SMILES string of the molecule is O=c1ccccn1CCNc1cccc(CCl)c1. The molecule has 0 unspecified atom stereocenters. The summed E-state index contributed by atoms with van der Waals surface area (Å²) in [6.07, 6.45) is 1.79. The van der Waals surface area contributed by atoms with E-state index in [0.29, 0.717) is 19.0 Å². The largest absolute Gasteiger partial charge is 0.383 e. The van der Waals surface area contributed by atoms with Crippen molar-refractivity contribution >= 4 is 17.3 Å². The van der Waals surface area contributed by atoms with Gasteiger partial charge < -0.3 is 9.88 Å². The summed E-state index contributed by atoms with van der Waals surface area (Å²) in [6.45, 7) is 1.35. The van der Waals surface area contributed by atoms with E-state index in [1.54, 1.807) is 22.9 Å². The average Bonchev–Trinajstić information content (AvgIpc) is 2.41. The predicted molar refractivity (Wildman–Crippen MR) is 75.2 cm³/mol. The van der Waals surface area contributed by atoms with Crippen LogP contribution in [0.3, 0.4) is 0 Å². The van der Waals surface area contributed by atoms with Crippen LogP contribution in [0, 0.1) is 0 Å². The van der Waals surface area contributed by atoms with Crippen LogP contribution in [0.5, 0.6) is 0 Å². The van der Waals surface area contributed by atoms with E-state index in [0.717, 1.165) is 11.3 Å². The van der Waals surface area contributed by atoms with Crippen molar-refractivity contribution in [1.82, 2.24) is 4.57 Å². The van der Waals surface area contributed by atoms with Gasteiger partial charge >= 0.3 is 0 Å². The van der Waals surface area contributed by atoms with Crippen LogP contribution in [-0.2, 0) is 12.4 Å². The van der Waals surface area contributed by atoms with Gasteiger partial charge in [0, 0.05) is 36.9 Å². The minimum absolute atomic E-state index is 0.0220. The number of hydrogen-bond acceptors (Lipinski definition) is 2. The molecule has 0 spiro atoms. The number of pyridine rings is 1. The molecule has 1 N–H and O–H groups in total. The van der Waals surface area contributed by atoms with Crippen LogP contribution in [0.25, 0.3) is 0 Å². The summed E-state index contributed by atoms with van der Waals surface area (Å²) in [7, 11) is 0. The zero-order chi connectivity index (χ0) is 12.8. The van der Waals surface area contributed by atoms with E-state index in [1.807, 2.05) is 30.3 Å². The Labute approximate surface area is 111 Å². The van der Waals surface area contributed by atoms with Crippen molar-refractivity contribution in [3.63, 3.8) is 0 Å². The summed E-state index contributed by atoms with van der Waals surface area (Å²) >= 11 is 5.78. The highest BCUT2D eigenvalue weighted by Crippen LogP contribution is 2.11. The van der Waals surface area contributed by atoms with Crippen LogP contribution in [0.1, 0.15) is 5.56 Å². The van der Waals surface area contributed by atoms with Crippen LogP contribution < -0.4 is 10.9 Å². The lowest BCUT2D eigenvalue weighted by Gasteiger charge is -2.09. The van der Waals surface area contributed by atoms with Gasteiger partial charge in [0.15, 0.2) is 0 Å². The highest BCUT2D eigenvalue weighted by Gasteiger charge is 1.96. The van der Waals surface area contributed by atoms with Gasteiger partial charge in [0.1, 0.15) is 0 Å². The molecule has 0 bridgehead atoms. The Morgan fingerprint density at radius 1 is 1.17 bits per heavy atom. The fraction of sp³-hybridized carbons (Fsp3) is 0.214. The second-order valence-electron chi connectivity index (χ2n) is 3.99. The van der Waals surface area contributed by atoms with Crippen LogP contribution in [0.4, 0.5) is 5.69 Å². The Balaban J connectivity index is 1.92. The molecule has 0 radical (unpaired) electrons. The van der Waals surface area contributed by atoms with E-state index in [-0.39, 0.29) is 5.56 Å². The molecule has 0 aliphatic rings. The normalized spacial score (nSPS) is 10.3. The Bertz CT molecular complexity index is 565. The molecule has 0 aliphatic carbocycles. The van der Waals surface area contributed by atoms with Crippen LogP contribution >= 0.6 is 11.6 Å². The van der Waals surface area contributed by atoms with Crippen molar-refractivity contribution in [2.75, 3.05) is 11.9 Å². The van der Waals surface area contributed by atoms with E-state index in [2.05, 4.69) is 5.32 Å². The van der Waals surface area contributed by atoms with Crippen LogP contribution in [0.2, 0.25) is 0 Å². The minimum atomic E-state index is 0.0220. The lowest BCUT2D eigenvalue weighted by molar-refractivity contribution is 0.697. The topological polar surface area (TPSA) is 34.0 Å². The summed E-state index contributed by atoms with van der Waals surface area (Å²) < 4.78 is 1.68. The molecule has 0 atom stereocenters. The van der Waals surface area contributed by atoms with Crippen LogP contribution in [0.15, 0.2) is 53.5 Å². The fourth-order valence-electron chi connectivity index (χ4n) is 1.73. The molecule has 3 nitrogen and oxygen atoms in total. The van der Waals surface area contributed by atoms with Gasteiger partial charge in [0.05, 0.1) is 0 Å². The molecule has 0 amide bonds. The quantitative estimate of drug-likeness (QED) is 0.841. The first kappa shape index (κ1) is 12.7. The van der Waals surface area contributed by atoms with Crippen LogP contribution in [-0.4, -0.2) is 11.1 Å². The third kappa shape index (κ3) is 3.37. The Morgan fingerprint density at radius 2 is 2.06 bits per heavy atom. The van der Waals surface area contributed by atoms with Gasteiger partial charge in [-0.25, -0.2) is 0 Å². The van der Waals surface area contributed by atoms with E-state index in [1.165, 1.54) is 0 Å². The van der Waals surface area contributed by atoms with Crippen molar-refractivity contribution in [3.8, 4) is 0 Å². The molecule has 94 valence electrons. The molecule has 0 fully saturated rings. The molecule has 2 aromatic rings. The Kier molecular flexibility index (Phi) is 4.42. The molecule has 1 aromatic heterocycles. The second kappa shape index (κ2) is 6.26. The summed E-state index contributed by atoms with van der Waals surface area (Å²) in [5.74, 6) is 0.508.